The average Bonchev–Trinajstić information content (AvgIpc) is 3.15. The first-order valence-electron chi connectivity index (χ1n) is 10.9. The van der Waals surface area contributed by atoms with E-state index in [-0.39, 0.29) is 16.7 Å². The predicted octanol–water partition coefficient (Wildman–Crippen LogP) is 4.74. The summed E-state index contributed by atoms with van der Waals surface area (Å²) < 4.78 is 10.6. The van der Waals surface area contributed by atoms with Crippen molar-refractivity contribution in [2.45, 2.75) is 51.4 Å². The number of esters is 1. The van der Waals surface area contributed by atoms with Gasteiger partial charge in [0.1, 0.15) is 10.5 Å². The Hall–Kier alpha value is -2.70. The first kappa shape index (κ1) is 19.3. The van der Waals surface area contributed by atoms with E-state index in [4.69, 9.17) is 9.26 Å². The fourth-order valence-corrected chi connectivity index (χ4v) is 6.50. The van der Waals surface area contributed by atoms with Gasteiger partial charge in [0.05, 0.1) is 6.61 Å². The number of nitro groups is 1. The first-order valence-corrected chi connectivity index (χ1v) is 10.9. The van der Waals surface area contributed by atoms with Crippen LogP contribution in [0.4, 0.5) is 5.88 Å². The Morgan fingerprint density at radius 2 is 1.73 bits per heavy atom. The van der Waals surface area contributed by atoms with E-state index < -0.39 is 16.8 Å². The molecule has 0 spiro atoms. The summed E-state index contributed by atoms with van der Waals surface area (Å²) in [6.45, 7) is 0.383. The molecule has 1 heterocycles. The quantitative estimate of drug-likeness (QED) is 0.372. The topological polar surface area (TPSA) is 95.5 Å². The number of aryl methyl sites for hydroxylation is 1. The van der Waals surface area contributed by atoms with Crippen molar-refractivity contribution in [2.24, 2.45) is 23.2 Å². The summed E-state index contributed by atoms with van der Waals surface area (Å²) in [7, 11) is 0. The van der Waals surface area contributed by atoms with E-state index in [0.717, 1.165) is 42.6 Å². The minimum absolute atomic E-state index is 0.0534. The van der Waals surface area contributed by atoms with Crippen molar-refractivity contribution in [2.75, 3.05) is 6.61 Å². The lowest BCUT2D eigenvalue weighted by atomic mass is 9.50. The molecule has 30 heavy (non-hydrogen) atoms. The van der Waals surface area contributed by atoms with Gasteiger partial charge in [-0.05, 0) is 74.7 Å². The van der Waals surface area contributed by atoms with Crippen LogP contribution in [0.15, 0.2) is 34.9 Å². The monoisotopic (exact) mass is 410 g/mol. The summed E-state index contributed by atoms with van der Waals surface area (Å²) in [5, 5.41) is 15.1. The van der Waals surface area contributed by atoms with Gasteiger partial charge in [-0.15, -0.1) is 0 Å². The molecule has 0 atom stereocenters. The second-order valence-corrected chi connectivity index (χ2v) is 9.55. The maximum atomic E-state index is 12.8. The third-order valence-electron chi connectivity index (χ3n) is 7.31. The molecule has 4 aliphatic rings. The molecule has 4 aliphatic carbocycles. The Kier molecular flexibility index (Phi) is 4.83. The standard InChI is InChI=1S/C23H26N2O5/c26-22(29-14-23-11-16-8-17(12-23)10-18(9-16)13-23)20-19(21(25(27)28)30-24-20)7-6-15-4-2-1-3-5-15/h1-5,16-18H,6-14H2. The molecular formula is C23H26N2O5. The summed E-state index contributed by atoms with van der Waals surface area (Å²) in [5.74, 6) is 1.23. The summed E-state index contributed by atoms with van der Waals surface area (Å²) in [5.41, 5.74) is 1.28. The molecule has 7 nitrogen and oxygen atoms in total. The summed E-state index contributed by atoms with van der Waals surface area (Å²) in [4.78, 5) is 23.6. The molecule has 2 aromatic rings. The minimum Gasteiger partial charge on any atom is -0.460 e. The van der Waals surface area contributed by atoms with Gasteiger partial charge in [0.15, 0.2) is 0 Å². The van der Waals surface area contributed by atoms with Gasteiger partial charge in [0, 0.05) is 5.41 Å². The Morgan fingerprint density at radius 1 is 1.10 bits per heavy atom. The van der Waals surface area contributed by atoms with Crippen LogP contribution in [0.3, 0.4) is 0 Å². The van der Waals surface area contributed by atoms with Gasteiger partial charge < -0.3 is 4.74 Å². The number of carbonyl (C=O) groups is 1. The molecule has 4 saturated carbocycles. The zero-order valence-electron chi connectivity index (χ0n) is 16.9. The van der Waals surface area contributed by atoms with E-state index >= 15 is 0 Å². The number of aromatic nitrogens is 1. The molecule has 0 aliphatic heterocycles. The third kappa shape index (κ3) is 3.61. The lowest BCUT2D eigenvalue weighted by molar-refractivity contribution is -0.404. The van der Waals surface area contributed by atoms with Crippen LogP contribution in [0.25, 0.3) is 0 Å². The smallest absolute Gasteiger partial charge is 0.459 e. The third-order valence-corrected chi connectivity index (χ3v) is 7.31. The van der Waals surface area contributed by atoms with E-state index in [0.29, 0.717) is 19.4 Å². The molecule has 1 aromatic carbocycles. The molecular weight excluding hydrogens is 384 g/mol. The molecule has 6 rings (SSSR count). The van der Waals surface area contributed by atoms with E-state index in [1.165, 1.54) is 19.3 Å². The van der Waals surface area contributed by atoms with Crippen LogP contribution >= 0.6 is 0 Å². The number of hydrogen-bond donors (Lipinski definition) is 0. The molecule has 7 heteroatoms. The van der Waals surface area contributed by atoms with Crippen molar-refractivity contribution in [1.82, 2.24) is 5.16 Å². The Bertz CT molecular complexity index is 916. The van der Waals surface area contributed by atoms with E-state index in [2.05, 4.69) is 5.16 Å². The SMILES string of the molecule is O=C(OCC12CC3CC(CC(C3)C1)C2)c1noc([N+](=O)[O-])c1CCc1ccccc1. The second-order valence-electron chi connectivity index (χ2n) is 9.55. The van der Waals surface area contributed by atoms with Crippen molar-refractivity contribution < 1.29 is 19.0 Å². The van der Waals surface area contributed by atoms with Gasteiger partial charge >= 0.3 is 11.9 Å². The van der Waals surface area contributed by atoms with Crippen molar-refractivity contribution in [1.29, 1.82) is 0 Å². The lowest BCUT2D eigenvalue weighted by Gasteiger charge is -2.56. The lowest BCUT2D eigenvalue weighted by Crippen LogP contribution is -2.48. The number of hydrogen-bond acceptors (Lipinski definition) is 6. The van der Waals surface area contributed by atoms with Crippen LogP contribution < -0.4 is 0 Å². The molecule has 0 N–H and O–H groups in total. The Labute approximate surface area is 174 Å². The number of benzene rings is 1. The maximum Gasteiger partial charge on any atom is 0.459 e. The second kappa shape index (κ2) is 7.52. The Morgan fingerprint density at radius 3 is 2.33 bits per heavy atom. The fraction of sp³-hybridized carbons (Fsp3) is 0.565. The zero-order valence-corrected chi connectivity index (χ0v) is 16.9. The van der Waals surface area contributed by atoms with Crippen molar-refractivity contribution in [3.05, 3.63) is 57.3 Å². The van der Waals surface area contributed by atoms with Gasteiger partial charge in [-0.25, -0.2) is 4.79 Å². The number of ether oxygens (including phenoxy) is 1. The summed E-state index contributed by atoms with van der Waals surface area (Å²) >= 11 is 0. The molecule has 4 fully saturated rings. The highest BCUT2D eigenvalue weighted by Gasteiger charge is 2.51. The molecule has 0 amide bonds. The van der Waals surface area contributed by atoms with Crippen LogP contribution in [-0.2, 0) is 17.6 Å². The highest BCUT2D eigenvalue weighted by Crippen LogP contribution is 2.60. The maximum absolute atomic E-state index is 12.8. The predicted molar refractivity (Wildman–Crippen MR) is 108 cm³/mol. The molecule has 1 aromatic heterocycles. The highest BCUT2D eigenvalue weighted by molar-refractivity contribution is 5.89. The molecule has 0 radical (unpaired) electrons. The van der Waals surface area contributed by atoms with E-state index in [9.17, 15) is 14.9 Å². The van der Waals surface area contributed by atoms with Crippen LogP contribution in [0.2, 0.25) is 0 Å². The first-order chi connectivity index (χ1) is 14.5. The number of carbonyl (C=O) groups excluding carboxylic acids is 1. The van der Waals surface area contributed by atoms with Gasteiger partial charge in [-0.1, -0.05) is 35.5 Å². The number of nitrogens with zero attached hydrogens (tertiary/aromatic N) is 2. The van der Waals surface area contributed by atoms with E-state index in [1.807, 2.05) is 30.3 Å². The van der Waals surface area contributed by atoms with Crippen LogP contribution in [0, 0.1) is 33.3 Å². The molecule has 0 unspecified atom stereocenters. The summed E-state index contributed by atoms with van der Waals surface area (Å²) in [6.07, 6.45) is 8.22. The normalized spacial score (nSPS) is 29.1. The van der Waals surface area contributed by atoms with Crippen LogP contribution in [0.5, 0.6) is 0 Å². The van der Waals surface area contributed by atoms with Crippen molar-refractivity contribution in [3.63, 3.8) is 0 Å². The fourth-order valence-electron chi connectivity index (χ4n) is 6.50. The summed E-state index contributed by atoms with van der Waals surface area (Å²) in [6, 6.07) is 9.64. The van der Waals surface area contributed by atoms with Crippen LogP contribution in [-0.4, -0.2) is 22.7 Å². The van der Waals surface area contributed by atoms with E-state index in [1.54, 1.807) is 0 Å². The molecule has 4 bridgehead atoms. The van der Waals surface area contributed by atoms with Crippen molar-refractivity contribution in [3.8, 4) is 0 Å². The largest absolute Gasteiger partial charge is 0.460 e. The van der Waals surface area contributed by atoms with Gasteiger partial charge in [-0.3, -0.25) is 14.6 Å². The molecule has 0 saturated heterocycles. The van der Waals surface area contributed by atoms with Crippen LogP contribution in [0.1, 0.15) is 60.1 Å². The minimum atomic E-state index is -0.622. The van der Waals surface area contributed by atoms with Gasteiger partial charge in [-0.2, -0.15) is 0 Å². The average molecular weight is 410 g/mol. The number of rotatable bonds is 7. The zero-order chi connectivity index (χ0) is 20.7. The van der Waals surface area contributed by atoms with Gasteiger partial charge in [0.25, 0.3) is 0 Å². The molecule has 158 valence electrons. The van der Waals surface area contributed by atoms with Gasteiger partial charge in [0.2, 0.25) is 5.69 Å². The Balaban J connectivity index is 1.30. The van der Waals surface area contributed by atoms with Crippen molar-refractivity contribution >= 4 is 11.9 Å². The highest BCUT2D eigenvalue weighted by atomic mass is 16.7.